The van der Waals surface area contributed by atoms with Crippen LogP contribution < -0.4 is 14.8 Å². The summed E-state index contributed by atoms with van der Waals surface area (Å²) in [6, 6.07) is 13.1. The molecule has 32 heavy (non-hydrogen) atoms. The zero-order valence-corrected chi connectivity index (χ0v) is 18.5. The molecule has 0 aliphatic carbocycles. The van der Waals surface area contributed by atoms with Crippen molar-refractivity contribution in [2.75, 3.05) is 25.3 Å². The van der Waals surface area contributed by atoms with Crippen molar-refractivity contribution in [3.63, 3.8) is 0 Å². The number of carbonyl (C=O) groups is 1. The lowest BCUT2D eigenvalue weighted by molar-refractivity contribution is -0.113. The number of amides is 1. The largest absolute Gasteiger partial charge is 0.493 e. The Morgan fingerprint density at radius 2 is 1.91 bits per heavy atom. The van der Waals surface area contributed by atoms with Crippen molar-refractivity contribution >= 4 is 35.3 Å². The van der Waals surface area contributed by atoms with E-state index >= 15 is 0 Å². The van der Waals surface area contributed by atoms with Gasteiger partial charge in [0.25, 0.3) is 5.78 Å². The van der Waals surface area contributed by atoms with Crippen LogP contribution in [0.4, 0.5) is 5.69 Å². The minimum Gasteiger partial charge on any atom is -0.493 e. The number of carbonyl (C=O) groups excluding carboxylic acids is 1. The van der Waals surface area contributed by atoms with Gasteiger partial charge >= 0.3 is 0 Å². The quantitative estimate of drug-likeness (QED) is 0.324. The summed E-state index contributed by atoms with van der Waals surface area (Å²) in [5.41, 5.74) is 2.70. The molecular weight excluding hydrogens is 430 g/mol. The summed E-state index contributed by atoms with van der Waals surface area (Å²) in [7, 11) is 3.16. The monoisotopic (exact) mass is 451 g/mol. The number of thioether (sulfide) groups is 1. The fraction of sp³-hybridized carbons (Fsp3) is 0.190. The molecule has 0 fully saturated rings. The average Bonchev–Trinajstić information content (AvgIpc) is 3.40. The number of rotatable bonds is 8. The molecular formula is C21H21N7O3S. The van der Waals surface area contributed by atoms with Gasteiger partial charge in [-0.15, -0.1) is 10.2 Å². The van der Waals surface area contributed by atoms with Crippen molar-refractivity contribution < 1.29 is 14.3 Å². The third-order valence-corrected chi connectivity index (χ3v) is 5.40. The molecule has 0 atom stereocenters. The van der Waals surface area contributed by atoms with Crippen LogP contribution in [0, 0.1) is 6.92 Å². The summed E-state index contributed by atoms with van der Waals surface area (Å²) < 4.78 is 13.6. The predicted molar refractivity (Wildman–Crippen MR) is 122 cm³/mol. The molecule has 0 aliphatic rings. The number of nitrogens with zero attached hydrogens (tertiary/aromatic N) is 6. The highest BCUT2D eigenvalue weighted by Gasteiger charge is 2.13. The molecule has 2 aromatic heterocycles. The maximum Gasteiger partial charge on any atom is 0.275 e. The van der Waals surface area contributed by atoms with E-state index in [1.54, 1.807) is 26.5 Å². The predicted octanol–water partition coefficient (Wildman–Crippen LogP) is 2.86. The van der Waals surface area contributed by atoms with Crippen LogP contribution in [-0.2, 0) is 4.79 Å². The van der Waals surface area contributed by atoms with Gasteiger partial charge < -0.3 is 14.8 Å². The Bertz CT molecular complexity index is 1260. The van der Waals surface area contributed by atoms with Gasteiger partial charge in [0.1, 0.15) is 6.33 Å². The molecule has 4 aromatic rings. The topological polar surface area (TPSA) is 108 Å². The molecule has 0 saturated carbocycles. The Kier molecular flexibility index (Phi) is 6.36. The summed E-state index contributed by atoms with van der Waals surface area (Å²) in [5.74, 6) is 1.72. The minimum atomic E-state index is -0.137. The van der Waals surface area contributed by atoms with Gasteiger partial charge in [0.05, 0.1) is 26.2 Å². The Balaban J connectivity index is 1.42. The van der Waals surface area contributed by atoms with Gasteiger partial charge in [0.2, 0.25) is 11.1 Å². The van der Waals surface area contributed by atoms with E-state index in [1.807, 2.05) is 43.3 Å². The second-order valence-corrected chi connectivity index (χ2v) is 7.67. The van der Waals surface area contributed by atoms with Crippen LogP contribution in [-0.4, -0.2) is 56.6 Å². The molecule has 4 rings (SSSR count). The Morgan fingerprint density at radius 1 is 1.12 bits per heavy atom. The number of fused-ring (bicyclic) bond motifs is 1. The fourth-order valence-corrected chi connectivity index (χ4v) is 3.53. The summed E-state index contributed by atoms with van der Waals surface area (Å²) in [6.07, 6.45) is 3.18. The second kappa shape index (κ2) is 9.52. The first-order chi connectivity index (χ1) is 15.6. The van der Waals surface area contributed by atoms with E-state index in [4.69, 9.17) is 9.47 Å². The summed E-state index contributed by atoms with van der Waals surface area (Å²) in [4.78, 5) is 12.2. The highest BCUT2D eigenvalue weighted by atomic mass is 32.2. The van der Waals surface area contributed by atoms with Gasteiger partial charge in [-0.3, -0.25) is 4.79 Å². The lowest BCUT2D eigenvalue weighted by Gasteiger charge is -2.07. The third-order valence-electron chi connectivity index (χ3n) is 4.48. The number of nitrogens with one attached hydrogen (secondary N) is 1. The minimum absolute atomic E-state index is 0.137. The smallest absolute Gasteiger partial charge is 0.275 e. The van der Waals surface area contributed by atoms with Crippen LogP contribution in [0.2, 0.25) is 0 Å². The fourth-order valence-electron chi connectivity index (χ4n) is 2.85. The zero-order chi connectivity index (χ0) is 22.5. The zero-order valence-electron chi connectivity index (χ0n) is 17.7. The molecule has 1 N–H and O–H groups in total. The van der Waals surface area contributed by atoms with Crippen molar-refractivity contribution in [3.05, 3.63) is 59.9 Å². The first-order valence-corrected chi connectivity index (χ1v) is 10.6. The molecule has 10 nitrogen and oxygen atoms in total. The third kappa shape index (κ3) is 4.72. The lowest BCUT2D eigenvalue weighted by atomic mass is 10.2. The average molecular weight is 452 g/mol. The summed E-state index contributed by atoms with van der Waals surface area (Å²) in [5, 5.41) is 20.2. The molecule has 164 valence electrons. The van der Waals surface area contributed by atoms with Gasteiger partial charge in [-0.25, -0.2) is 0 Å². The SMILES string of the molecule is COc1ccc(/C=N/n2cnn3c(SCC(=O)Nc4ccc(C)cc4)nnc23)cc1OC. The molecule has 11 heteroatoms. The highest BCUT2D eigenvalue weighted by molar-refractivity contribution is 7.99. The number of methoxy groups -OCH3 is 2. The van der Waals surface area contributed by atoms with E-state index in [0.717, 1.165) is 16.8 Å². The van der Waals surface area contributed by atoms with E-state index in [0.29, 0.717) is 22.4 Å². The summed E-state index contributed by atoms with van der Waals surface area (Å²) in [6.45, 7) is 2.00. The Morgan fingerprint density at radius 3 is 2.66 bits per heavy atom. The van der Waals surface area contributed by atoms with Gasteiger partial charge in [-0.05, 0) is 42.8 Å². The number of hydrogen-bond acceptors (Lipinski definition) is 8. The van der Waals surface area contributed by atoms with Crippen molar-refractivity contribution in [2.24, 2.45) is 5.10 Å². The van der Waals surface area contributed by atoms with Crippen molar-refractivity contribution in [3.8, 4) is 11.5 Å². The first-order valence-electron chi connectivity index (χ1n) is 9.62. The number of ether oxygens (including phenoxy) is 2. The van der Waals surface area contributed by atoms with Crippen molar-refractivity contribution in [1.29, 1.82) is 0 Å². The number of anilines is 1. The number of benzene rings is 2. The molecule has 0 spiro atoms. The number of aromatic nitrogens is 5. The molecule has 0 saturated heterocycles. The molecule has 0 unspecified atom stereocenters. The van der Waals surface area contributed by atoms with Crippen molar-refractivity contribution in [1.82, 2.24) is 24.5 Å². The van der Waals surface area contributed by atoms with Gasteiger partial charge in [0, 0.05) is 5.69 Å². The van der Waals surface area contributed by atoms with E-state index in [-0.39, 0.29) is 11.7 Å². The van der Waals surface area contributed by atoms with Crippen LogP contribution in [0.5, 0.6) is 11.5 Å². The van der Waals surface area contributed by atoms with Gasteiger partial charge in [0.15, 0.2) is 11.5 Å². The summed E-state index contributed by atoms with van der Waals surface area (Å²) >= 11 is 1.24. The second-order valence-electron chi connectivity index (χ2n) is 6.73. The maximum absolute atomic E-state index is 12.2. The van der Waals surface area contributed by atoms with Gasteiger partial charge in [-0.2, -0.15) is 19.4 Å². The van der Waals surface area contributed by atoms with Crippen molar-refractivity contribution in [2.45, 2.75) is 12.1 Å². The van der Waals surface area contributed by atoms with Crippen LogP contribution in [0.3, 0.4) is 0 Å². The van der Waals surface area contributed by atoms with E-state index < -0.39 is 0 Å². The molecule has 0 radical (unpaired) electrons. The van der Waals surface area contributed by atoms with Gasteiger partial charge in [-0.1, -0.05) is 29.5 Å². The highest BCUT2D eigenvalue weighted by Crippen LogP contribution is 2.27. The lowest BCUT2D eigenvalue weighted by Crippen LogP contribution is -2.14. The molecule has 0 aliphatic heterocycles. The van der Waals surface area contributed by atoms with E-state index in [9.17, 15) is 4.79 Å². The number of aryl methyl sites for hydroxylation is 1. The normalized spacial score (nSPS) is 11.2. The van der Waals surface area contributed by atoms with Crippen LogP contribution in [0.1, 0.15) is 11.1 Å². The van der Waals surface area contributed by atoms with Crippen LogP contribution in [0.15, 0.2) is 59.0 Å². The first kappa shape index (κ1) is 21.4. The Labute approximate surface area is 188 Å². The van der Waals surface area contributed by atoms with Crippen LogP contribution in [0.25, 0.3) is 5.78 Å². The Hall–Kier alpha value is -3.86. The number of hydrogen-bond donors (Lipinski definition) is 1. The molecule has 2 heterocycles. The molecule has 0 bridgehead atoms. The standard InChI is InChI=1S/C21H21N7O3S/c1-14-4-7-16(8-5-14)24-19(29)12-32-21-26-25-20-27(13-23-28(20)21)22-11-15-6-9-17(30-2)18(10-15)31-3/h4-11,13H,12H2,1-3H3,(H,24,29)/b22-11+. The molecule has 2 aromatic carbocycles. The maximum atomic E-state index is 12.2. The van der Waals surface area contributed by atoms with E-state index in [2.05, 4.69) is 25.7 Å². The molecule has 1 amide bonds. The van der Waals surface area contributed by atoms with Crippen LogP contribution >= 0.6 is 11.8 Å². The van der Waals surface area contributed by atoms with E-state index in [1.165, 1.54) is 27.3 Å².